The smallest absolute Gasteiger partial charge is 0.314 e. The molecule has 118 valence electrons. The van der Waals surface area contributed by atoms with Crippen molar-refractivity contribution in [1.82, 2.24) is 5.32 Å². The number of rotatable bonds is 3. The molecule has 0 spiro atoms. The van der Waals surface area contributed by atoms with Crippen molar-refractivity contribution >= 4 is 28.2 Å². The molecule has 0 saturated carbocycles. The number of nitrogens with one attached hydrogen (secondary N) is 2. The van der Waals surface area contributed by atoms with Gasteiger partial charge in [-0.15, -0.1) is 11.3 Å². The topological polar surface area (TPSA) is 119 Å². The Morgan fingerprint density at radius 2 is 2.18 bits per heavy atom. The summed E-state index contributed by atoms with van der Waals surface area (Å²) >= 11 is 1.29. The molecule has 1 aliphatic heterocycles. The number of thiophene rings is 1. The zero-order valence-electron chi connectivity index (χ0n) is 12.6. The molecule has 1 aromatic heterocycles. The van der Waals surface area contributed by atoms with Gasteiger partial charge in [0.1, 0.15) is 11.1 Å². The van der Waals surface area contributed by atoms with Gasteiger partial charge >= 0.3 is 11.8 Å². The molecule has 22 heavy (non-hydrogen) atoms. The number of quaternary nitrogens is 1. The van der Waals surface area contributed by atoms with Gasteiger partial charge in [-0.2, -0.15) is 5.26 Å². The highest BCUT2D eigenvalue weighted by Crippen LogP contribution is 2.39. The number of carbonyl (C=O) groups is 2. The first kappa shape index (κ1) is 16.4. The second-order valence-electron chi connectivity index (χ2n) is 5.61. The fourth-order valence-corrected chi connectivity index (χ4v) is 3.28. The average molecular weight is 323 g/mol. The molecular formula is C14H19N4O3S+. The van der Waals surface area contributed by atoms with Gasteiger partial charge in [-0.1, -0.05) is 0 Å². The van der Waals surface area contributed by atoms with E-state index < -0.39 is 11.8 Å². The predicted octanol–water partition coefficient (Wildman–Crippen LogP) is -0.232. The van der Waals surface area contributed by atoms with E-state index in [0.717, 1.165) is 10.4 Å². The minimum Gasteiger partial charge on any atom is -0.370 e. The van der Waals surface area contributed by atoms with Gasteiger partial charge in [0.2, 0.25) is 0 Å². The molecule has 2 amide bonds. The molecule has 1 aromatic rings. The third kappa shape index (κ3) is 3.44. The number of hydrogen-bond donors (Lipinski definition) is 3. The van der Waals surface area contributed by atoms with Crippen LogP contribution in [0.1, 0.15) is 29.9 Å². The average Bonchev–Trinajstić information content (AvgIpc) is 2.79. The highest BCUT2D eigenvalue weighted by Gasteiger charge is 2.32. The van der Waals surface area contributed by atoms with Crippen LogP contribution >= 0.6 is 11.3 Å². The summed E-state index contributed by atoms with van der Waals surface area (Å²) in [5.74, 6) is -1.50. The summed E-state index contributed by atoms with van der Waals surface area (Å²) in [6.45, 7) is 5.16. The van der Waals surface area contributed by atoms with Gasteiger partial charge in [-0.05, 0) is 19.4 Å². The Balaban J connectivity index is 2.20. The zero-order chi connectivity index (χ0) is 16.3. The van der Waals surface area contributed by atoms with Crippen LogP contribution in [0.5, 0.6) is 0 Å². The summed E-state index contributed by atoms with van der Waals surface area (Å²) in [4.78, 5) is 24.4. The van der Waals surface area contributed by atoms with Gasteiger partial charge in [-0.25, -0.2) is 0 Å². The monoisotopic (exact) mass is 323 g/mol. The second-order valence-corrected chi connectivity index (χ2v) is 6.71. The summed E-state index contributed by atoms with van der Waals surface area (Å²) in [6, 6.07) is 2.13. The Morgan fingerprint density at radius 1 is 1.45 bits per heavy atom. The van der Waals surface area contributed by atoms with E-state index in [-0.39, 0.29) is 5.60 Å². The van der Waals surface area contributed by atoms with Gasteiger partial charge in [-0.3, -0.25) is 9.59 Å². The first-order chi connectivity index (χ1) is 10.4. The lowest BCUT2D eigenvalue weighted by Crippen LogP contribution is -2.55. The number of carbonyl (C=O) groups excluding carboxylic acids is 2. The third-order valence-electron chi connectivity index (χ3n) is 3.29. The molecule has 0 radical (unpaired) electrons. The first-order valence-electron chi connectivity index (χ1n) is 6.95. The van der Waals surface area contributed by atoms with Crippen molar-refractivity contribution in [3.05, 3.63) is 16.0 Å². The molecule has 0 atom stereocenters. The van der Waals surface area contributed by atoms with E-state index >= 15 is 0 Å². The molecule has 0 bridgehead atoms. The standard InChI is InChI=1S/C14H18N4O3S/c1-14(2)5-8-9(6-16)13(22-10(8)7-21-14)18-12(20)11(19)17-4-3-15/h3-5,7,15H2,1-2H3,(H,17,19)(H,18,20)/p+1. The van der Waals surface area contributed by atoms with Crippen LogP contribution in [0.2, 0.25) is 0 Å². The van der Waals surface area contributed by atoms with Crippen LogP contribution in [0.4, 0.5) is 5.00 Å². The van der Waals surface area contributed by atoms with Crippen molar-refractivity contribution in [3.63, 3.8) is 0 Å². The largest absolute Gasteiger partial charge is 0.370 e. The Kier molecular flexibility index (Phi) is 4.81. The highest BCUT2D eigenvalue weighted by molar-refractivity contribution is 7.16. The predicted molar refractivity (Wildman–Crippen MR) is 81.0 cm³/mol. The Morgan fingerprint density at radius 3 is 2.82 bits per heavy atom. The molecule has 7 nitrogen and oxygen atoms in total. The van der Waals surface area contributed by atoms with Gasteiger partial charge in [0, 0.05) is 11.3 Å². The Bertz CT molecular complexity index is 645. The summed E-state index contributed by atoms with van der Waals surface area (Å²) in [5, 5.41) is 14.8. The van der Waals surface area contributed by atoms with Gasteiger partial charge < -0.3 is 21.1 Å². The number of hydrogen-bond acceptors (Lipinski definition) is 5. The van der Waals surface area contributed by atoms with Crippen LogP contribution in [0.3, 0.4) is 0 Å². The van der Waals surface area contributed by atoms with Crippen molar-refractivity contribution < 1.29 is 20.1 Å². The minimum atomic E-state index is -0.774. The van der Waals surface area contributed by atoms with Crippen molar-refractivity contribution in [1.29, 1.82) is 5.26 Å². The highest BCUT2D eigenvalue weighted by atomic mass is 32.1. The molecule has 2 heterocycles. The van der Waals surface area contributed by atoms with E-state index in [1.54, 1.807) is 0 Å². The fourth-order valence-electron chi connectivity index (χ4n) is 2.20. The number of ether oxygens (including phenoxy) is 1. The van der Waals surface area contributed by atoms with E-state index in [0.29, 0.717) is 36.7 Å². The molecule has 0 saturated heterocycles. The summed E-state index contributed by atoms with van der Waals surface area (Å²) in [6.07, 6.45) is 0.602. The lowest BCUT2D eigenvalue weighted by molar-refractivity contribution is -0.364. The molecular weight excluding hydrogens is 304 g/mol. The minimum absolute atomic E-state index is 0.334. The van der Waals surface area contributed by atoms with Crippen molar-refractivity contribution in [2.24, 2.45) is 0 Å². The van der Waals surface area contributed by atoms with Gasteiger partial charge in [0.15, 0.2) is 0 Å². The molecule has 0 aliphatic carbocycles. The van der Waals surface area contributed by atoms with Gasteiger partial charge in [0.25, 0.3) is 0 Å². The molecule has 2 rings (SSSR count). The normalized spacial score (nSPS) is 15.5. The van der Waals surface area contributed by atoms with E-state index in [2.05, 4.69) is 22.4 Å². The molecule has 0 aromatic carbocycles. The van der Waals surface area contributed by atoms with Gasteiger partial charge in [0.05, 0.1) is 30.9 Å². The van der Waals surface area contributed by atoms with E-state index in [1.165, 1.54) is 11.3 Å². The van der Waals surface area contributed by atoms with Crippen molar-refractivity contribution in [2.45, 2.75) is 32.5 Å². The maximum atomic E-state index is 11.8. The molecule has 0 unspecified atom stereocenters. The van der Waals surface area contributed by atoms with Crippen LogP contribution in [-0.4, -0.2) is 30.5 Å². The number of nitriles is 1. The van der Waals surface area contributed by atoms with Crippen LogP contribution in [0.25, 0.3) is 0 Å². The lowest BCUT2D eigenvalue weighted by Gasteiger charge is -2.29. The Hall–Kier alpha value is -1.95. The SMILES string of the molecule is CC1(C)Cc2c(sc(NC(=O)C(=O)NCC[NH3+])c2C#N)CO1. The van der Waals surface area contributed by atoms with E-state index in [1.807, 2.05) is 13.8 Å². The molecule has 8 heteroatoms. The Labute approximate surface area is 132 Å². The molecule has 1 aliphatic rings. The number of fused-ring (bicyclic) bond motifs is 1. The maximum Gasteiger partial charge on any atom is 0.314 e. The van der Waals surface area contributed by atoms with E-state index in [9.17, 15) is 14.9 Å². The second kappa shape index (κ2) is 6.44. The number of amides is 2. The third-order valence-corrected chi connectivity index (χ3v) is 4.42. The quantitative estimate of drug-likeness (QED) is 0.666. The van der Waals surface area contributed by atoms with Crippen LogP contribution in [-0.2, 0) is 27.4 Å². The first-order valence-corrected chi connectivity index (χ1v) is 7.76. The van der Waals surface area contributed by atoms with Crippen LogP contribution in [0.15, 0.2) is 0 Å². The fraction of sp³-hybridized carbons (Fsp3) is 0.500. The summed E-state index contributed by atoms with van der Waals surface area (Å²) in [7, 11) is 0. The summed E-state index contributed by atoms with van der Waals surface area (Å²) < 4.78 is 5.71. The lowest BCUT2D eigenvalue weighted by atomic mass is 9.93. The maximum absolute atomic E-state index is 11.8. The van der Waals surface area contributed by atoms with Crippen molar-refractivity contribution in [2.75, 3.05) is 18.4 Å². The summed E-state index contributed by atoms with van der Waals surface area (Å²) in [5.41, 5.74) is 4.57. The zero-order valence-corrected chi connectivity index (χ0v) is 13.4. The van der Waals surface area contributed by atoms with Crippen LogP contribution < -0.4 is 16.4 Å². The van der Waals surface area contributed by atoms with Crippen molar-refractivity contribution in [3.8, 4) is 6.07 Å². The number of anilines is 1. The molecule has 0 fully saturated rings. The van der Waals surface area contributed by atoms with E-state index in [4.69, 9.17) is 4.74 Å². The molecule has 5 N–H and O–H groups in total. The number of nitrogens with zero attached hydrogens (tertiary/aromatic N) is 1. The van der Waals surface area contributed by atoms with Crippen LogP contribution in [0, 0.1) is 11.3 Å².